The van der Waals surface area contributed by atoms with Crippen LogP contribution >= 0.6 is 7.82 Å². The van der Waals surface area contributed by atoms with Crippen molar-refractivity contribution in [2.24, 2.45) is 52.3 Å². The van der Waals surface area contributed by atoms with E-state index in [4.69, 9.17) is 18.5 Å². The Kier molecular flexibility index (Phi) is 12.0. The van der Waals surface area contributed by atoms with Gasteiger partial charge in [0.15, 0.2) is 0 Å². The van der Waals surface area contributed by atoms with E-state index < -0.39 is 14.0 Å². The Bertz CT molecular complexity index is 1000. The maximum Gasteiger partial charge on any atom is 0.508 e. The van der Waals surface area contributed by atoms with E-state index in [2.05, 4.69) is 34.6 Å². The van der Waals surface area contributed by atoms with Crippen molar-refractivity contribution in [3.63, 3.8) is 0 Å². The zero-order valence-corrected chi connectivity index (χ0v) is 30.1. The van der Waals surface area contributed by atoms with Crippen LogP contribution in [-0.4, -0.2) is 69.1 Å². The molecule has 0 bridgehead atoms. The molecule has 8 nitrogen and oxygen atoms in total. The topological polar surface area (TPSA) is 91.3 Å². The van der Waals surface area contributed by atoms with Crippen LogP contribution in [0.15, 0.2) is 0 Å². The molecule has 0 aromatic heterocycles. The number of fused-ring (bicyclic) bond motifs is 5. The SMILES string of the molecule is CC(C)CCC[C@@H](C)[C@H]1CCC2C3CC[C@H]4C[C@@H](OC(=O)OCCOP(=O)(O)OCC[N+](C)(C)C)CC[C@]4(C)C3CC[C@@]21C. The van der Waals surface area contributed by atoms with E-state index in [0.29, 0.717) is 27.8 Å². The smallest absolute Gasteiger partial charge is 0.432 e. The molecule has 4 saturated carbocycles. The summed E-state index contributed by atoms with van der Waals surface area (Å²) < 4.78 is 33.5. The molecule has 9 heteroatoms. The van der Waals surface area contributed by atoms with Crippen LogP contribution < -0.4 is 0 Å². The molecule has 0 spiro atoms. The lowest BCUT2D eigenvalue weighted by atomic mass is 9.44. The summed E-state index contributed by atoms with van der Waals surface area (Å²) in [6.45, 7) is 12.8. The highest BCUT2D eigenvalue weighted by atomic mass is 31.2. The van der Waals surface area contributed by atoms with Gasteiger partial charge < -0.3 is 18.9 Å². The van der Waals surface area contributed by atoms with Crippen LogP contribution in [-0.2, 0) is 23.1 Å². The summed E-state index contributed by atoms with van der Waals surface area (Å²) in [5, 5.41) is 0. The van der Waals surface area contributed by atoms with E-state index >= 15 is 0 Å². The molecule has 0 amide bonds. The highest BCUT2D eigenvalue weighted by molar-refractivity contribution is 7.47. The van der Waals surface area contributed by atoms with E-state index in [0.717, 1.165) is 54.8 Å². The van der Waals surface area contributed by atoms with Gasteiger partial charge >= 0.3 is 14.0 Å². The molecule has 0 heterocycles. The van der Waals surface area contributed by atoms with Crippen molar-refractivity contribution in [3.05, 3.63) is 0 Å². The number of nitrogens with zero attached hydrogens (tertiary/aromatic N) is 1. The first kappa shape index (κ1) is 36.2. The monoisotopic (exact) mass is 642 g/mol. The lowest BCUT2D eigenvalue weighted by Crippen LogP contribution is -2.54. The van der Waals surface area contributed by atoms with Crippen molar-refractivity contribution in [2.45, 2.75) is 118 Å². The predicted octanol–water partition coefficient (Wildman–Crippen LogP) is 8.47. The minimum Gasteiger partial charge on any atom is -0.432 e. The van der Waals surface area contributed by atoms with Crippen LogP contribution in [0.5, 0.6) is 0 Å². The number of quaternary nitrogens is 1. The number of rotatable bonds is 14. The van der Waals surface area contributed by atoms with Crippen molar-refractivity contribution >= 4 is 14.0 Å². The Balaban J connectivity index is 1.22. The maximum atomic E-state index is 12.5. The number of likely N-dealkylation sites (N-methyl/N-ethyl adjacent to an activating group) is 1. The number of ether oxygens (including phenoxy) is 2. The highest BCUT2D eigenvalue weighted by Gasteiger charge is 2.60. The molecular formula is C35H65NO7P+. The zero-order valence-electron chi connectivity index (χ0n) is 29.2. The summed E-state index contributed by atoms with van der Waals surface area (Å²) >= 11 is 0. The molecule has 4 fully saturated rings. The third-order valence-electron chi connectivity index (χ3n) is 12.7. The van der Waals surface area contributed by atoms with E-state index in [1.807, 2.05) is 21.1 Å². The van der Waals surface area contributed by atoms with Gasteiger partial charge in [-0.3, -0.25) is 9.05 Å². The predicted molar refractivity (Wildman–Crippen MR) is 174 cm³/mol. The van der Waals surface area contributed by atoms with Crippen molar-refractivity contribution in [1.82, 2.24) is 0 Å². The number of carbonyl (C=O) groups excluding carboxylic acids is 1. The first-order chi connectivity index (χ1) is 20.5. The molecule has 0 aliphatic heterocycles. The second kappa shape index (κ2) is 14.6. The van der Waals surface area contributed by atoms with Crippen molar-refractivity contribution < 1.29 is 37.3 Å². The highest BCUT2D eigenvalue weighted by Crippen LogP contribution is 2.68. The Labute approximate surface area is 268 Å². The van der Waals surface area contributed by atoms with E-state index in [-0.39, 0.29) is 25.9 Å². The summed E-state index contributed by atoms with van der Waals surface area (Å²) in [7, 11) is 1.72. The molecule has 4 aliphatic carbocycles. The Hall–Kier alpha value is -0.660. The molecule has 10 atom stereocenters. The molecular weight excluding hydrogens is 577 g/mol. The maximum absolute atomic E-state index is 12.5. The minimum atomic E-state index is -4.18. The average molecular weight is 643 g/mol. The summed E-state index contributed by atoms with van der Waals surface area (Å²) in [4.78, 5) is 22.3. The number of carbonyl (C=O) groups is 1. The number of hydrogen-bond acceptors (Lipinski definition) is 6. The first-order valence-electron chi connectivity index (χ1n) is 17.8. The van der Waals surface area contributed by atoms with Crippen LogP contribution in [0.3, 0.4) is 0 Å². The summed E-state index contributed by atoms with van der Waals surface area (Å²) in [5.41, 5.74) is 0.841. The van der Waals surface area contributed by atoms with Crippen LogP contribution in [0.1, 0.15) is 112 Å². The number of hydrogen-bond donors (Lipinski definition) is 1. The zero-order chi connectivity index (χ0) is 32.3. The van der Waals surface area contributed by atoms with Crippen molar-refractivity contribution in [3.8, 4) is 0 Å². The normalized spacial score (nSPS) is 37.4. The molecule has 4 rings (SSSR count). The fraction of sp³-hybridized carbons (Fsp3) is 0.971. The van der Waals surface area contributed by atoms with Gasteiger partial charge in [-0.05, 0) is 110 Å². The lowest BCUT2D eigenvalue weighted by Gasteiger charge is -2.61. The van der Waals surface area contributed by atoms with Gasteiger partial charge in [0.05, 0.1) is 27.7 Å². The van der Waals surface area contributed by atoms with E-state index in [9.17, 15) is 14.3 Å². The summed E-state index contributed by atoms with van der Waals surface area (Å²) in [5.74, 6) is 5.63. The molecule has 0 saturated heterocycles. The molecule has 4 aliphatic rings. The quantitative estimate of drug-likeness (QED) is 0.0880. The third-order valence-corrected chi connectivity index (χ3v) is 13.7. The van der Waals surface area contributed by atoms with Gasteiger partial charge in [-0.1, -0.05) is 53.9 Å². The molecule has 0 radical (unpaired) electrons. The third kappa shape index (κ3) is 8.82. The molecule has 1 N–H and O–H groups in total. The average Bonchev–Trinajstić information content (AvgIpc) is 3.27. The lowest BCUT2D eigenvalue weighted by molar-refractivity contribution is -0.870. The Morgan fingerprint density at radius 2 is 1.57 bits per heavy atom. The first-order valence-corrected chi connectivity index (χ1v) is 19.3. The van der Waals surface area contributed by atoms with Gasteiger partial charge in [0.25, 0.3) is 0 Å². The molecule has 4 unspecified atom stereocenters. The Morgan fingerprint density at radius 1 is 0.886 bits per heavy atom. The summed E-state index contributed by atoms with van der Waals surface area (Å²) in [6.07, 6.45) is 14.3. The second-order valence-corrected chi connectivity index (χ2v) is 18.4. The summed E-state index contributed by atoms with van der Waals surface area (Å²) in [6, 6.07) is 0. The molecule has 44 heavy (non-hydrogen) atoms. The van der Waals surface area contributed by atoms with Crippen LogP contribution in [0, 0.1) is 52.3 Å². The van der Waals surface area contributed by atoms with Gasteiger partial charge in [0.1, 0.15) is 25.9 Å². The largest absolute Gasteiger partial charge is 0.508 e. The van der Waals surface area contributed by atoms with Gasteiger partial charge in [0, 0.05) is 0 Å². The fourth-order valence-electron chi connectivity index (χ4n) is 10.3. The van der Waals surface area contributed by atoms with Gasteiger partial charge in [0.2, 0.25) is 0 Å². The van der Waals surface area contributed by atoms with Crippen LogP contribution in [0.2, 0.25) is 0 Å². The number of phosphoric ester groups is 1. The van der Waals surface area contributed by atoms with E-state index in [1.165, 1.54) is 57.8 Å². The molecule has 0 aromatic carbocycles. The van der Waals surface area contributed by atoms with E-state index in [1.54, 1.807) is 0 Å². The fourth-order valence-corrected chi connectivity index (χ4v) is 11.0. The van der Waals surface area contributed by atoms with Crippen molar-refractivity contribution in [2.75, 3.05) is 47.5 Å². The second-order valence-electron chi connectivity index (χ2n) is 16.9. The van der Waals surface area contributed by atoms with Gasteiger partial charge in [-0.25, -0.2) is 9.36 Å². The number of phosphoric acid groups is 1. The van der Waals surface area contributed by atoms with Crippen molar-refractivity contribution in [1.29, 1.82) is 0 Å². The standard InChI is InChI=1S/C35H64NO7P/c1-25(2)10-9-11-26(3)30-14-15-31-29-13-12-27-24-28(16-18-34(27,4)32(29)17-19-35(30,31)5)43-33(37)40-22-23-42-44(38,39)41-21-20-36(6,7)8/h25-32H,9-24H2,1-8H3/p+1/t26-,27+,28+,29?,30-,31?,32?,34+,35-/m1/s1. The minimum absolute atomic E-state index is 0.0990. The molecule has 256 valence electrons. The molecule has 0 aromatic rings. The Morgan fingerprint density at radius 3 is 2.27 bits per heavy atom. The van der Waals surface area contributed by atoms with Crippen LogP contribution in [0.25, 0.3) is 0 Å². The van der Waals surface area contributed by atoms with Gasteiger partial charge in [-0.15, -0.1) is 0 Å². The van der Waals surface area contributed by atoms with Gasteiger partial charge in [-0.2, -0.15) is 0 Å². The van der Waals surface area contributed by atoms with Crippen LogP contribution in [0.4, 0.5) is 4.79 Å².